The SMILES string of the molecule is Nc1ncnc2c1ncn2[C@@H]1O[C@H](C(OC(=O)c2ccc(F)cc2)OP(=O)(O)OP(=O)(O)OP(=O)(O)O)[C@@H](O)[C@H]1O. The van der Waals surface area contributed by atoms with E-state index in [0.717, 1.165) is 41.5 Å². The molecule has 0 radical (unpaired) electrons. The highest BCUT2D eigenvalue weighted by Crippen LogP contribution is 2.66. The molecule has 1 saturated heterocycles. The monoisotopic (exact) mass is 645 g/mol. The van der Waals surface area contributed by atoms with Gasteiger partial charge in [-0.15, -0.1) is 0 Å². The van der Waals surface area contributed by atoms with Crippen molar-refractivity contribution in [3.05, 3.63) is 48.3 Å². The fourth-order valence-electron chi connectivity index (χ4n) is 3.53. The topological polar surface area (TPSA) is 305 Å². The van der Waals surface area contributed by atoms with Crippen LogP contribution in [0.4, 0.5) is 10.2 Å². The van der Waals surface area contributed by atoms with Gasteiger partial charge < -0.3 is 45.0 Å². The molecule has 8 N–H and O–H groups in total. The van der Waals surface area contributed by atoms with E-state index in [1.54, 1.807) is 0 Å². The van der Waals surface area contributed by atoms with E-state index < -0.39 is 66.1 Å². The minimum absolute atomic E-state index is 0.00198. The van der Waals surface area contributed by atoms with Gasteiger partial charge in [-0.1, -0.05) is 0 Å². The molecule has 0 aliphatic carbocycles. The van der Waals surface area contributed by atoms with Gasteiger partial charge in [-0.05, 0) is 24.3 Å². The van der Waals surface area contributed by atoms with Gasteiger partial charge in [-0.2, -0.15) is 8.62 Å². The van der Waals surface area contributed by atoms with Crippen LogP contribution < -0.4 is 5.73 Å². The molecule has 0 bridgehead atoms. The van der Waals surface area contributed by atoms with E-state index >= 15 is 0 Å². The van der Waals surface area contributed by atoms with Crippen molar-refractivity contribution in [2.24, 2.45) is 0 Å². The van der Waals surface area contributed by atoms with Crippen LogP contribution in [0.15, 0.2) is 36.9 Å². The molecule has 3 heterocycles. The average molecular weight is 645 g/mol. The van der Waals surface area contributed by atoms with Crippen molar-refractivity contribution in [1.82, 2.24) is 19.5 Å². The number of anilines is 1. The molecule has 1 aliphatic rings. The number of imidazole rings is 1. The molecular weight excluding hydrogens is 626 g/mol. The first-order valence-corrected chi connectivity index (χ1v) is 15.2. The Balaban J connectivity index is 1.65. The molecule has 41 heavy (non-hydrogen) atoms. The van der Waals surface area contributed by atoms with Crippen LogP contribution in [0, 0.1) is 5.82 Å². The van der Waals surface area contributed by atoms with E-state index in [1.807, 2.05) is 0 Å². The van der Waals surface area contributed by atoms with Crippen LogP contribution in [0.5, 0.6) is 0 Å². The third kappa shape index (κ3) is 7.37. The number of aromatic nitrogens is 4. The summed E-state index contributed by atoms with van der Waals surface area (Å²) >= 11 is 0. The van der Waals surface area contributed by atoms with Crippen LogP contribution in [-0.4, -0.2) is 79.9 Å². The Morgan fingerprint density at radius 2 is 1.66 bits per heavy atom. The number of hydrogen-bond acceptors (Lipinski definition) is 15. The Kier molecular flexibility index (Phi) is 8.75. The number of benzene rings is 1. The molecule has 2 aromatic heterocycles. The number of nitrogens with zero attached hydrogens (tertiary/aromatic N) is 4. The molecule has 1 aromatic carbocycles. The molecule has 4 rings (SSSR count). The van der Waals surface area contributed by atoms with Gasteiger partial charge in [0.2, 0.25) is 6.29 Å². The van der Waals surface area contributed by atoms with Crippen molar-refractivity contribution >= 4 is 46.4 Å². The Bertz CT molecular complexity index is 1580. The number of aliphatic hydroxyl groups is 2. The molecule has 20 nitrogen and oxygen atoms in total. The molecule has 1 fully saturated rings. The number of rotatable bonds is 10. The summed E-state index contributed by atoms with van der Waals surface area (Å²) in [4.78, 5) is 61.2. The van der Waals surface area contributed by atoms with Gasteiger partial charge in [-0.25, -0.2) is 42.4 Å². The molecule has 0 saturated carbocycles. The van der Waals surface area contributed by atoms with E-state index in [9.17, 15) is 42.9 Å². The van der Waals surface area contributed by atoms with E-state index in [0.29, 0.717) is 0 Å². The minimum atomic E-state index is -6.01. The summed E-state index contributed by atoms with van der Waals surface area (Å²) < 4.78 is 71.9. The highest BCUT2D eigenvalue weighted by Gasteiger charge is 2.52. The molecule has 0 spiro atoms. The number of halogens is 1. The Labute approximate surface area is 226 Å². The van der Waals surface area contributed by atoms with Gasteiger partial charge in [0.1, 0.15) is 29.9 Å². The molecular formula is C17H19FN5O15P3. The summed E-state index contributed by atoms with van der Waals surface area (Å²) in [6.07, 6.45) is -8.07. The largest absolute Gasteiger partial charge is 0.490 e. The Morgan fingerprint density at radius 3 is 2.29 bits per heavy atom. The molecule has 7 atom stereocenters. The van der Waals surface area contributed by atoms with Gasteiger partial charge in [-0.3, -0.25) is 4.57 Å². The van der Waals surface area contributed by atoms with Crippen molar-refractivity contribution in [2.45, 2.75) is 30.8 Å². The summed E-state index contributed by atoms with van der Waals surface area (Å²) in [5.41, 5.74) is 5.44. The van der Waals surface area contributed by atoms with Crippen LogP contribution in [0.3, 0.4) is 0 Å². The predicted molar refractivity (Wildman–Crippen MR) is 126 cm³/mol. The zero-order valence-electron chi connectivity index (χ0n) is 19.8. The van der Waals surface area contributed by atoms with Crippen molar-refractivity contribution < 1.29 is 75.3 Å². The summed E-state index contributed by atoms with van der Waals surface area (Å²) in [6.45, 7) is 0. The number of phosphoric ester groups is 1. The van der Waals surface area contributed by atoms with Crippen molar-refractivity contribution in [3.8, 4) is 0 Å². The Morgan fingerprint density at radius 1 is 1.00 bits per heavy atom. The van der Waals surface area contributed by atoms with Gasteiger partial charge in [0, 0.05) is 0 Å². The lowest BCUT2D eigenvalue weighted by molar-refractivity contribution is -0.163. The fourth-order valence-corrected chi connectivity index (χ4v) is 6.62. The summed E-state index contributed by atoms with van der Waals surface area (Å²) in [5.74, 6) is -2.18. The van der Waals surface area contributed by atoms with Crippen molar-refractivity contribution in [3.63, 3.8) is 0 Å². The first-order chi connectivity index (χ1) is 19.0. The normalized spacial score (nSPS) is 25.0. The number of fused-ring (bicyclic) bond motifs is 1. The third-order valence-corrected chi connectivity index (χ3v) is 8.96. The average Bonchev–Trinajstić information content (AvgIpc) is 3.38. The number of nitrogens with two attached hydrogens (primary N) is 1. The van der Waals surface area contributed by atoms with E-state index in [1.165, 1.54) is 0 Å². The number of nitrogen functional groups attached to an aromatic ring is 1. The number of phosphoric acid groups is 3. The van der Waals surface area contributed by atoms with Crippen LogP contribution in [0.1, 0.15) is 16.6 Å². The second-order valence-corrected chi connectivity index (χ2v) is 12.4. The van der Waals surface area contributed by atoms with Crippen LogP contribution in [0.25, 0.3) is 11.2 Å². The minimum Gasteiger partial charge on any atom is -0.429 e. The smallest absolute Gasteiger partial charge is 0.429 e. The number of esters is 1. The standard InChI is InChI=1S/C17H19FN5O15P3/c18-8-3-1-7(2-4-8)16(26)35-17(36-40(30,31)38-41(32,33)37-39(27,28)29)12-10(24)11(25)15(34-12)23-6-22-9-13(19)20-5-21-14(9)23/h1-6,10-12,15,17,24-25H,(H,30,31)(H,32,33)(H2,19,20,21)(H2,27,28,29)/t10-,11+,12-,15+,17?/m0/s1. The van der Waals surface area contributed by atoms with E-state index in [-0.39, 0.29) is 22.5 Å². The molecule has 1 aliphatic heterocycles. The second-order valence-electron chi connectivity index (χ2n) is 8.03. The fraction of sp³-hybridized carbons (Fsp3) is 0.294. The number of carbonyl (C=O) groups excluding carboxylic acids is 1. The lowest BCUT2D eigenvalue weighted by Gasteiger charge is -2.27. The highest BCUT2D eigenvalue weighted by molar-refractivity contribution is 7.66. The molecule has 0 amide bonds. The first-order valence-electron chi connectivity index (χ1n) is 10.7. The maximum atomic E-state index is 13.3. The van der Waals surface area contributed by atoms with Crippen LogP contribution >= 0.6 is 23.5 Å². The zero-order valence-corrected chi connectivity index (χ0v) is 22.5. The number of carbonyl (C=O) groups is 1. The van der Waals surface area contributed by atoms with Crippen molar-refractivity contribution in [1.29, 1.82) is 0 Å². The molecule has 224 valence electrons. The van der Waals surface area contributed by atoms with E-state index in [2.05, 4.69) is 28.1 Å². The lowest BCUT2D eigenvalue weighted by Crippen LogP contribution is -2.42. The predicted octanol–water partition coefficient (Wildman–Crippen LogP) is -0.307. The first kappa shape index (κ1) is 31.2. The summed E-state index contributed by atoms with van der Waals surface area (Å²) in [7, 11) is -17.7. The summed E-state index contributed by atoms with van der Waals surface area (Å²) in [6, 6.07) is 3.58. The third-order valence-electron chi connectivity index (χ3n) is 5.16. The van der Waals surface area contributed by atoms with Crippen LogP contribution in [0.2, 0.25) is 0 Å². The van der Waals surface area contributed by atoms with E-state index in [4.69, 9.17) is 25.0 Å². The van der Waals surface area contributed by atoms with Gasteiger partial charge >= 0.3 is 29.4 Å². The molecule has 24 heteroatoms. The second kappa shape index (κ2) is 11.5. The molecule has 3 aromatic rings. The van der Waals surface area contributed by atoms with Gasteiger partial charge in [0.25, 0.3) is 0 Å². The maximum absolute atomic E-state index is 13.3. The lowest BCUT2D eigenvalue weighted by atomic mass is 10.1. The van der Waals surface area contributed by atoms with Crippen molar-refractivity contribution in [2.75, 3.05) is 5.73 Å². The van der Waals surface area contributed by atoms with Crippen LogP contribution in [-0.2, 0) is 36.3 Å². The molecule has 3 unspecified atom stereocenters. The number of aliphatic hydroxyl groups excluding tert-OH is 2. The maximum Gasteiger partial charge on any atom is 0.490 e. The highest BCUT2D eigenvalue weighted by atomic mass is 31.3. The zero-order chi connectivity index (χ0) is 30.3. The number of hydrogen-bond donors (Lipinski definition) is 7. The Hall–Kier alpha value is -2.74. The quantitative estimate of drug-likeness (QED) is 0.0845. The summed E-state index contributed by atoms with van der Waals surface area (Å²) in [5, 5.41) is 21.4. The van der Waals surface area contributed by atoms with Gasteiger partial charge in [0.15, 0.2) is 23.8 Å². The van der Waals surface area contributed by atoms with Gasteiger partial charge in [0.05, 0.1) is 11.9 Å². The number of ether oxygens (including phenoxy) is 2.